The molecule has 2 rings (SSSR count). The molecule has 0 radical (unpaired) electrons. The summed E-state index contributed by atoms with van der Waals surface area (Å²) < 4.78 is 6.01. The highest BCUT2D eigenvalue weighted by Gasteiger charge is 2.40. The molecule has 0 spiro atoms. The molecule has 1 aliphatic carbocycles. The van der Waals surface area contributed by atoms with Gasteiger partial charge in [-0.1, -0.05) is 35.0 Å². The molecular formula is C15H20BrNO2. The molecule has 1 unspecified atom stereocenters. The average molecular weight is 326 g/mol. The van der Waals surface area contributed by atoms with Gasteiger partial charge in [0, 0.05) is 4.47 Å². The lowest BCUT2D eigenvalue weighted by molar-refractivity contribution is -0.149. The Hall–Kier alpha value is -0.870. The Balaban J connectivity index is 2.32. The lowest BCUT2D eigenvalue weighted by Crippen LogP contribution is -2.50. The quantitative estimate of drug-likeness (QED) is 0.816. The van der Waals surface area contributed by atoms with Gasteiger partial charge in [-0.3, -0.25) is 5.32 Å². The second-order valence-corrected chi connectivity index (χ2v) is 6.00. The summed E-state index contributed by atoms with van der Waals surface area (Å²) in [5, 5.41) is 3.44. The minimum Gasteiger partial charge on any atom is -0.467 e. The summed E-state index contributed by atoms with van der Waals surface area (Å²) in [6.45, 7) is 2.88. The van der Waals surface area contributed by atoms with Gasteiger partial charge in [-0.15, -0.1) is 0 Å². The molecule has 0 bridgehead atoms. The van der Waals surface area contributed by atoms with Gasteiger partial charge in [0.1, 0.15) is 5.54 Å². The molecule has 0 amide bonds. The molecule has 1 aromatic carbocycles. The molecule has 0 aromatic heterocycles. The van der Waals surface area contributed by atoms with Crippen molar-refractivity contribution < 1.29 is 9.53 Å². The molecule has 4 heteroatoms. The van der Waals surface area contributed by atoms with Crippen molar-refractivity contribution in [3.63, 3.8) is 0 Å². The zero-order valence-corrected chi connectivity index (χ0v) is 13.0. The van der Waals surface area contributed by atoms with Gasteiger partial charge in [0.25, 0.3) is 0 Å². The molecule has 1 fully saturated rings. The smallest absolute Gasteiger partial charge is 0.330 e. The summed E-state index contributed by atoms with van der Waals surface area (Å²) in [6.07, 6.45) is 3.18. The fourth-order valence-corrected chi connectivity index (χ4v) is 2.73. The number of carbonyl (C=O) groups is 1. The number of esters is 1. The number of ether oxygens (including phenoxy) is 1. The zero-order chi connectivity index (χ0) is 13.9. The van der Waals surface area contributed by atoms with Crippen molar-refractivity contribution >= 4 is 21.9 Å². The molecule has 1 atom stereocenters. The Kier molecular flexibility index (Phi) is 4.63. The van der Waals surface area contributed by atoms with Gasteiger partial charge in [0.05, 0.1) is 7.11 Å². The predicted molar refractivity (Wildman–Crippen MR) is 78.9 cm³/mol. The van der Waals surface area contributed by atoms with Gasteiger partial charge >= 0.3 is 5.97 Å². The van der Waals surface area contributed by atoms with Crippen LogP contribution in [0, 0.1) is 5.92 Å². The maximum Gasteiger partial charge on any atom is 0.330 e. The number of nitrogens with one attached hydrogen (secondary N) is 1. The second-order valence-electron chi connectivity index (χ2n) is 5.09. The number of hydrogen-bond donors (Lipinski definition) is 1. The first kappa shape index (κ1) is 14.5. The summed E-state index contributed by atoms with van der Waals surface area (Å²) in [6, 6.07) is 7.87. The molecule has 1 N–H and O–H groups in total. The van der Waals surface area contributed by atoms with Crippen molar-refractivity contribution in [1.29, 1.82) is 0 Å². The zero-order valence-electron chi connectivity index (χ0n) is 11.4. The van der Waals surface area contributed by atoms with E-state index in [1.54, 1.807) is 0 Å². The normalized spacial score (nSPS) is 17.8. The SMILES string of the molecule is CCC(NCC1CC1)(C(=O)OC)c1cccc(Br)c1. The molecule has 1 saturated carbocycles. The molecule has 104 valence electrons. The van der Waals surface area contributed by atoms with Gasteiger partial charge < -0.3 is 4.74 Å². The van der Waals surface area contributed by atoms with E-state index in [4.69, 9.17) is 4.74 Å². The van der Waals surface area contributed by atoms with Crippen molar-refractivity contribution in [3.8, 4) is 0 Å². The molecule has 0 aliphatic heterocycles. The summed E-state index contributed by atoms with van der Waals surface area (Å²) in [4.78, 5) is 12.3. The lowest BCUT2D eigenvalue weighted by Gasteiger charge is -2.32. The first-order valence-corrected chi connectivity index (χ1v) is 7.51. The summed E-state index contributed by atoms with van der Waals surface area (Å²) in [7, 11) is 1.45. The summed E-state index contributed by atoms with van der Waals surface area (Å²) in [5.74, 6) is 0.497. The van der Waals surface area contributed by atoms with E-state index < -0.39 is 5.54 Å². The van der Waals surface area contributed by atoms with Crippen LogP contribution in [0.5, 0.6) is 0 Å². The minimum atomic E-state index is -0.735. The first-order chi connectivity index (χ1) is 9.12. The second kappa shape index (κ2) is 6.06. The minimum absolute atomic E-state index is 0.214. The highest BCUT2D eigenvalue weighted by Crippen LogP contribution is 2.33. The summed E-state index contributed by atoms with van der Waals surface area (Å²) >= 11 is 3.47. The number of methoxy groups -OCH3 is 1. The van der Waals surface area contributed by atoms with Crippen LogP contribution < -0.4 is 5.32 Å². The van der Waals surface area contributed by atoms with Crippen molar-refractivity contribution in [3.05, 3.63) is 34.3 Å². The fraction of sp³-hybridized carbons (Fsp3) is 0.533. The monoisotopic (exact) mass is 325 g/mol. The van der Waals surface area contributed by atoms with Crippen LogP contribution >= 0.6 is 15.9 Å². The van der Waals surface area contributed by atoms with Gasteiger partial charge in [0.15, 0.2) is 0 Å². The van der Waals surface area contributed by atoms with Crippen LogP contribution in [0.3, 0.4) is 0 Å². The Morgan fingerprint density at radius 2 is 2.26 bits per heavy atom. The van der Waals surface area contributed by atoms with Crippen LogP contribution in [-0.4, -0.2) is 19.6 Å². The maximum absolute atomic E-state index is 12.3. The van der Waals surface area contributed by atoms with Gasteiger partial charge in [0.2, 0.25) is 0 Å². The van der Waals surface area contributed by atoms with Crippen molar-refractivity contribution in [1.82, 2.24) is 5.32 Å². The van der Waals surface area contributed by atoms with Crippen LogP contribution in [0.4, 0.5) is 0 Å². The number of rotatable bonds is 6. The van der Waals surface area contributed by atoms with E-state index in [9.17, 15) is 4.79 Å². The largest absolute Gasteiger partial charge is 0.467 e. The Labute approximate surface area is 122 Å². The topological polar surface area (TPSA) is 38.3 Å². The standard InChI is InChI=1S/C15H20BrNO2/c1-3-15(14(18)19-2,17-10-11-7-8-11)12-5-4-6-13(16)9-12/h4-6,9,11,17H,3,7-8,10H2,1-2H3. The van der Waals surface area contributed by atoms with Crippen LogP contribution in [0.1, 0.15) is 31.7 Å². The molecular weight excluding hydrogens is 306 g/mol. The van der Waals surface area contributed by atoms with Crippen LogP contribution in [-0.2, 0) is 15.1 Å². The third kappa shape index (κ3) is 3.18. The van der Waals surface area contributed by atoms with Gasteiger partial charge in [-0.2, -0.15) is 0 Å². The predicted octanol–water partition coefficient (Wildman–Crippen LogP) is 3.23. The molecule has 3 nitrogen and oxygen atoms in total. The fourth-order valence-electron chi connectivity index (χ4n) is 2.33. The van der Waals surface area contributed by atoms with Crippen molar-refractivity contribution in [2.75, 3.05) is 13.7 Å². The van der Waals surface area contributed by atoms with E-state index in [1.807, 2.05) is 31.2 Å². The molecule has 0 saturated heterocycles. The number of hydrogen-bond acceptors (Lipinski definition) is 3. The highest BCUT2D eigenvalue weighted by molar-refractivity contribution is 9.10. The van der Waals surface area contributed by atoms with E-state index in [1.165, 1.54) is 20.0 Å². The first-order valence-electron chi connectivity index (χ1n) is 6.72. The third-order valence-electron chi connectivity index (χ3n) is 3.77. The Bertz CT molecular complexity index is 459. The van der Waals surface area contributed by atoms with Crippen molar-refractivity contribution in [2.24, 2.45) is 5.92 Å². The van der Waals surface area contributed by atoms with Crippen LogP contribution in [0.15, 0.2) is 28.7 Å². The average Bonchev–Trinajstić information content (AvgIpc) is 3.24. The summed E-state index contributed by atoms with van der Waals surface area (Å²) in [5.41, 5.74) is 0.220. The van der Waals surface area contributed by atoms with E-state index >= 15 is 0 Å². The van der Waals surface area contributed by atoms with E-state index in [-0.39, 0.29) is 5.97 Å². The third-order valence-corrected chi connectivity index (χ3v) is 4.26. The van der Waals surface area contributed by atoms with Crippen LogP contribution in [0.25, 0.3) is 0 Å². The number of carbonyl (C=O) groups excluding carboxylic acids is 1. The Morgan fingerprint density at radius 1 is 1.53 bits per heavy atom. The number of benzene rings is 1. The molecule has 0 heterocycles. The molecule has 19 heavy (non-hydrogen) atoms. The maximum atomic E-state index is 12.3. The van der Waals surface area contributed by atoms with E-state index in [0.717, 1.165) is 16.6 Å². The van der Waals surface area contributed by atoms with Gasteiger partial charge in [-0.25, -0.2) is 4.79 Å². The molecule has 1 aliphatic rings. The van der Waals surface area contributed by atoms with E-state index in [0.29, 0.717) is 12.3 Å². The highest BCUT2D eigenvalue weighted by atomic mass is 79.9. The van der Waals surface area contributed by atoms with E-state index in [2.05, 4.69) is 21.2 Å². The van der Waals surface area contributed by atoms with Gasteiger partial charge in [-0.05, 0) is 49.4 Å². The Morgan fingerprint density at radius 3 is 2.79 bits per heavy atom. The lowest BCUT2D eigenvalue weighted by atomic mass is 9.87. The van der Waals surface area contributed by atoms with Crippen LogP contribution in [0.2, 0.25) is 0 Å². The van der Waals surface area contributed by atoms with Crippen molar-refractivity contribution in [2.45, 2.75) is 31.7 Å². The molecule has 1 aromatic rings. The number of halogens is 1.